The summed E-state index contributed by atoms with van der Waals surface area (Å²) in [4.78, 5) is 0. The van der Waals surface area contributed by atoms with E-state index in [1.165, 1.54) is 0 Å². The van der Waals surface area contributed by atoms with Gasteiger partial charge in [0.25, 0.3) is 0 Å². The normalized spacial score (nSPS) is 24.7. The molecule has 0 radical (unpaired) electrons. The second-order valence-electron chi connectivity index (χ2n) is 4.96. The van der Waals surface area contributed by atoms with E-state index in [0.717, 1.165) is 11.5 Å². The fraction of sp³-hybridized carbons (Fsp3) is 0.200. The summed E-state index contributed by atoms with van der Waals surface area (Å²) in [6.07, 6.45) is -0.695. The van der Waals surface area contributed by atoms with Gasteiger partial charge in [0.2, 0.25) is 0 Å². The molecule has 1 heterocycles. The topological polar surface area (TPSA) is 110 Å². The maximum atomic E-state index is 5.82. The van der Waals surface area contributed by atoms with Crippen LogP contribution in [0.4, 0.5) is 5.69 Å². The standard InChI is InChI=1S/C15H18N6O/c16-14-13(15(17)21-20-14)19-18-10-6-8-12(9-7-10)22-11-4-2-1-3-5-11/h1-9,13-15,20-21H,16-17H2. The molecular weight excluding hydrogens is 280 g/mol. The van der Waals surface area contributed by atoms with Crippen LogP contribution in [0, 0.1) is 0 Å². The number of hydrogen-bond acceptors (Lipinski definition) is 7. The molecule has 7 heteroatoms. The van der Waals surface area contributed by atoms with Crippen molar-refractivity contribution in [1.29, 1.82) is 0 Å². The molecule has 2 unspecified atom stereocenters. The Kier molecular flexibility index (Phi) is 4.40. The molecule has 0 amide bonds. The summed E-state index contributed by atoms with van der Waals surface area (Å²) >= 11 is 0. The molecule has 2 atom stereocenters. The molecule has 7 nitrogen and oxygen atoms in total. The number of rotatable bonds is 4. The Morgan fingerprint density at radius 2 is 1.41 bits per heavy atom. The minimum Gasteiger partial charge on any atom is -0.457 e. The lowest BCUT2D eigenvalue weighted by Crippen LogP contribution is -2.41. The Bertz CT molecular complexity index is 620. The van der Waals surface area contributed by atoms with Crippen molar-refractivity contribution in [2.75, 3.05) is 0 Å². The zero-order chi connectivity index (χ0) is 15.4. The van der Waals surface area contributed by atoms with E-state index in [0.29, 0.717) is 5.69 Å². The molecule has 0 aliphatic carbocycles. The monoisotopic (exact) mass is 298 g/mol. The van der Waals surface area contributed by atoms with Gasteiger partial charge < -0.3 is 16.2 Å². The Morgan fingerprint density at radius 1 is 0.818 bits per heavy atom. The Balaban J connectivity index is 1.64. The number of nitrogens with one attached hydrogen (secondary N) is 2. The van der Waals surface area contributed by atoms with Crippen molar-refractivity contribution in [3.63, 3.8) is 0 Å². The molecule has 2 aromatic rings. The predicted octanol–water partition coefficient (Wildman–Crippen LogP) is 1.61. The van der Waals surface area contributed by atoms with Crippen LogP contribution >= 0.6 is 0 Å². The van der Waals surface area contributed by atoms with Gasteiger partial charge in [-0.15, -0.1) is 0 Å². The molecule has 0 saturated carbocycles. The minimum absolute atomic E-state index is 0.305. The Labute approximate surface area is 128 Å². The van der Waals surface area contributed by atoms with E-state index < -0.39 is 0 Å². The lowest BCUT2D eigenvalue weighted by atomic mass is 10.2. The van der Waals surface area contributed by atoms with E-state index in [-0.39, 0.29) is 18.4 Å². The van der Waals surface area contributed by atoms with E-state index in [4.69, 9.17) is 16.2 Å². The second kappa shape index (κ2) is 6.63. The molecule has 3 rings (SSSR count). The molecule has 0 spiro atoms. The van der Waals surface area contributed by atoms with Crippen LogP contribution < -0.4 is 27.1 Å². The van der Waals surface area contributed by atoms with Crippen LogP contribution in [0.5, 0.6) is 11.5 Å². The van der Waals surface area contributed by atoms with E-state index in [9.17, 15) is 0 Å². The highest BCUT2D eigenvalue weighted by molar-refractivity contribution is 5.42. The van der Waals surface area contributed by atoms with Crippen LogP contribution in [-0.4, -0.2) is 18.4 Å². The van der Waals surface area contributed by atoms with E-state index in [1.807, 2.05) is 54.6 Å². The molecular formula is C15H18N6O. The highest BCUT2D eigenvalue weighted by Gasteiger charge is 2.30. The van der Waals surface area contributed by atoms with Gasteiger partial charge in [-0.05, 0) is 36.4 Å². The molecule has 1 aliphatic rings. The molecule has 1 aliphatic heterocycles. The van der Waals surface area contributed by atoms with E-state index in [1.54, 1.807) is 0 Å². The maximum Gasteiger partial charge on any atom is 0.130 e. The fourth-order valence-electron chi connectivity index (χ4n) is 2.07. The summed E-state index contributed by atoms with van der Waals surface area (Å²) in [6.45, 7) is 0. The summed E-state index contributed by atoms with van der Waals surface area (Å²) in [7, 11) is 0. The zero-order valence-corrected chi connectivity index (χ0v) is 11.9. The minimum atomic E-state index is -0.348. The van der Waals surface area contributed by atoms with Crippen molar-refractivity contribution in [2.45, 2.75) is 18.4 Å². The number of para-hydroxylation sites is 1. The first kappa shape index (κ1) is 14.6. The van der Waals surface area contributed by atoms with Gasteiger partial charge in [0.05, 0.1) is 18.0 Å². The van der Waals surface area contributed by atoms with Crippen molar-refractivity contribution in [1.82, 2.24) is 10.9 Å². The molecule has 6 N–H and O–H groups in total. The molecule has 2 aromatic carbocycles. The van der Waals surface area contributed by atoms with Gasteiger partial charge in [-0.2, -0.15) is 10.2 Å². The van der Waals surface area contributed by atoms with E-state index >= 15 is 0 Å². The summed E-state index contributed by atoms with van der Waals surface area (Å²) in [5, 5.41) is 8.34. The Morgan fingerprint density at radius 3 is 2.05 bits per heavy atom. The van der Waals surface area contributed by atoms with Crippen molar-refractivity contribution < 1.29 is 4.74 Å². The summed E-state index contributed by atoms with van der Waals surface area (Å²) in [5.41, 5.74) is 18.0. The smallest absolute Gasteiger partial charge is 0.130 e. The van der Waals surface area contributed by atoms with Gasteiger partial charge in [-0.25, -0.2) is 10.9 Å². The predicted molar refractivity (Wildman–Crippen MR) is 83.5 cm³/mol. The van der Waals surface area contributed by atoms with Gasteiger partial charge in [0, 0.05) is 0 Å². The largest absolute Gasteiger partial charge is 0.457 e. The Hall–Kier alpha value is -2.32. The van der Waals surface area contributed by atoms with Crippen molar-refractivity contribution in [2.24, 2.45) is 21.7 Å². The number of hydrazine groups is 1. The molecule has 0 aromatic heterocycles. The number of ether oxygens (including phenoxy) is 1. The van der Waals surface area contributed by atoms with Gasteiger partial charge in [0.1, 0.15) is 17.5 Å². The third-order valence-corrected chi connectivity index (χ3v) is 3.27. The average molecular weight is 298 g/mol. The lowest BCUT2D eigenvalue weighted by molar-refractivity contribution is 0.482. The lowest BCUT2D eigenvalue weighted by Gasteiger charge is -2.10. The first-order chi connectivity index (χ1) is 10.7. The molecule has 1 fully saturated rings. The van der Waals surface area contributed by atoms with Crippen LogP contribution in [0.25, 0.3) is 0 Å². The average Bonchev–Trinajstić information content (AvgIpc) is 2.86. The molecule has 22 heavy (non-hydrogen) atoms. The summed E-state index contributed by atoms with van der Waals surface area (Å²) in [5.74, 6) is 1.53. The summed E-state index contributed by atoms with van der Waals surface area (Å²) in [6, 6.07) is 16.6. The molecule has 114 valence electrons. The number of nitrogens with zero attached hydrogens (tertiary/aromatic N) is 2. The van der Waals surface area contributed by atoms with Crippen LogP contribution in [0.15, 0.2) is 64.8 Å². The zero-order valence-electron chi connectivity index (χ0n) is 11.9. The van der Waals surface area contributed by atoms with Gasteiger partial charge in [-0.1, -0.05) is 18.2 Å². The van der Waals surface area contributed by atoms with Gasteiger partial charge in [0.15, 0.2) is 0 Å². The number of hydrogen-bond donors (Lipinski definition) is 4. The van der Waals surface area contributed by atoms with Crippen LogP contribution in [-0.2, 0) is 0 Å². The SMILES string of the molecule is NC1NNC(N)C1N=Nc1ccc(Oc2ccccc2)cc1. The second-order valence-corrected chi connectivity index (χ2v) is 4.96. The van der Waals surface area contributed by atoms with Gasteiger partial charge in [-0.3, -0.25) is 0 Å². The highest BCUT2D eigenvalue weighted by Crippen LogP contribution is 2.24. The summed E-state index contributed by atoms with van der Waals surface area (Å²) < 4.78 is 5.71. The van der Waals surface area contributed by atoms with Crippen molar-refractivity contribution >= 4 is 5.69 Å². The maximum absolute atomic E-state index is 5.82. The van der Waals surface area contributed by atoms with E-state index in [2.05, 4.69) is 21.1 Å². The third-order valence-electron chi connectivity index (χ3n) is 3.27. The number of nitrogens with two attached hydrogens (primary N) is 2. The van der Waals surface area contributed by atoms with Crippen molar-refractivity contribution in [3.8, 4) is 11.5 Å². The molecule has 1 saturated heterocycles. The fourth-order valence-corrected chi connectivity index (χ4v) is 2.07. The first-order valence-corrected chi connectivity index (χ1v) is 6.98. The van der Waals surface area contributed by atoms with Crippen LogP contribution in [0.3, 0.4) is 0 Å². The third kappa shape index (κ3) is 3.46. The first-order valence-electron chi connectivity index (χ1n) is 6.98. The highest BCUT2D eigenvalue weighted by atomic mass is 16.5. The van der Waals surface area contributed by atoms with Crippen molar-refractivity contribution in [3.05, 3.63) is 54.6 Å². The molecule has 0 bridgehead atoms. The van der Waals surface area contributed by atoms with Crippen LogP contribution in [0.2, 0.25) is 0 Å². The quantitative estimate of drug-likeness (QED) is 0.641. The number of azo groups is 1. The number of benzene rings is 2. The van der Waals surface area contributed by atoms with Crippen LogP contribution in [0.1, 0.15) is 0 Å². The van der Waals surface area contributed by atoms with Gasteiger partial charge >= 0.3 is 0 Å².